The van der Waals surface area contributed by atoms with Gasteiger partial charge in [0, 0.05) is 13.0 Å². The van der Waals surface area contributed by atoms with Crippen LogP contribution in [0.3, 0.4) is 0 Å². The van der Waals surface area contributed by atoms with Crippen molar-refractivity contribution in [1.82, 2.24) is 5.32 Å². The average Bonchev–Trinajstić information content (AvgIpc) is 2.62. The summed E-state index contributed by atoms with van der Waals surface area (Å²) in [5.74, 6) is -0.0794. The lowest BCUT2D eigenvalue weighted by Crippen LogP contribution is -2.32. The highest BCUT2D eigenvalue weighted by Gasteiger charge is 2.18. The number of benzene rings is 2. The van der Waals surface area contributed by atoms with Crippen molar-refractivity contribution in [2.24, 2.45) is 0 Å². The maximum atomic E-state index is 12.4. The molecule has 0 aromatic heterocycles. The predicted molar refractivity (Wildman–Crippen MR) is 120 cm³/mol. The second-order valence-corrected chi connectivity index (χ2v) is 9.75. The third kappa shape index (κ3) is 6.32. The molecule has 0 aliphatic heterocycles. The summed E-state index contributed by atoms with van der Waals surface area (Å²) in [6.45, 7) is 10.3. The third-order valence-corrected chi connectivity index (χ3v) is 6.55. The molecule has 6 heteroatoms. The first-order chi connectivity index (χ1) is 13.5. The molecule has 158 valence electrons. The standard InChI is InChI=1S/C23H32N2O3S/c1-16-9-11-21(14-18(16)3)20(5)24-23(26)8-7-13-25(29(6,27)28)22-12-10-17(2)19(4)15-22/h9-12,14-15,20H,7-8,13H2,1-6H3,(H,24,26)/t20-/m1/s1. The largest absolute Gasteiger partial charge is 0.350 e. The molecule has 1 amide bonds. The van der Waals surface area contributed by atoms with Crippen LogP contribution in [0, 0.1) is 27.7 Å². The number of nitrogens with zero attached hydrogens (tertiary/aromatic N) is 1. The van der Waals surface area contributed by atoms with Crippen molar-refractivity contribution in [3.8, 4) is 0 Å². The Bertz CT molecular complexity index is 984. The first kappa shape index (κ1) is 22.9. The van der Waals surface area contributed by atoms with Crippen LogP contribution in [-0.2, 0) is 14.8 Å². The molecule has 1 atom stereocenters. The Morgan fingerprint density at radius 3 is 2.10 bits per heavy atom. The summed E-state index contributed by atoms with van der Waals surface area (Å²) in [5, 5.41) is 3.00. The van der Waals surface area contributed by atoms with Crippen LogP contribution in [0.5, 0.6) is 0 Å². The number of sulfonamides is 1. The van der Waals surface area contributed by atoms with Crippen LogP contribution in [0.1, 0.15) is 53.6 Å². The maximum absolute atomic E-state index is 12.4. The number of amides is 1. The number of carbonyl (C=O) groups excluding carboxylic acids is 1. The SMILES string of the molecule is Cc1ccc([C@@H](C)NC(=O)CCCN(c2ccc(C)c(C)c2)S(C)(=O)=O)cc1C. The molecule has 0 aliphatic rings. The van der Waals surface area contributed by atoms with Gasteiger partial charge in [-0.2, -0.15) is 0 Å². The highest BCUT2D eigenvalue weighted by Crippen LogP contribution is 2.22. The zero-order valence-electron chi connectivity index (χ0n) is 18.2. The quantitative estimate of drug-likeness (QED) is 0.696. The summed E-state index contributed by atoms with van der Waals surface area (Å²) in [4.78, 5) is 12.4. The van der Waals surface area contributed by atoms with E-state index in [0.717, 1.165) is 16.7 Å². The number of rotatable bonds is 8. The van der Waals surface area contributed by atoms with Gasteiger partial charge in [0.05, 0.1) is 18.0 Å². The Morgan fingerprint density at radius 2 is 1.55 bits per heavy atom. The zero-order chi connectivity index (χ0) is 21.8. The van der Waals surface area contributed by atoms with Crippen molar-refractivity contribution in [2.45, 2.75) is 53.5 Å². The molecule has 5 nitrogen and oxygen atoms in total. The van der Waals surface area contributed by atoms with Crippen LogP contribution >= 0.6 is 0 Å². The monoisotopic (exact) mass is 416 g/mol. The summed E-state index contributed by atoms with van der Waals surface area (Å²) >= 11 is 0. The molecule has 0 fully saturated rings. The molecular weight excluding hydrogens is 384 g/mol. The molecule has 0 heterocycles. The minimum absolute atomic E-state index is 0.0794. The molecule has 2 aromatic rings. The van der Waals surface area contributed by atoms with Crippen molar-refractivity contribution in [3.63, 3.8) is 0 Å². The minimum atomic E-state index is -3.42. The Balaban J connectivity index is 1.97. The van der Waals surface area contributed by atoms with Gasteiger partial charge in [0.1, 0.15) is 0 Å². The van der Waals surface area contributed by atoms with E-state index < -0.39 is 10.0 Å². The van der Waals surface area contributed by atoms with Gasteiger partial charge >= 0.3 is 0 Å². The van der Waals surface area contributed by atoms with Crippen LogP contribution in [0.4, 0.5) is 5.69 Å². The number of carbonyl (C=O) groups is 1. The van der Waals surface area contributed by atoms with Gasteiger partial charge < -0.3 is 5.32 Å². The van der Waals surface area contributed by atoms with E-state index in [-0.39, 0.29) is 24.9 Å². The number of hydrogen-bond acceptors (Lipinski definition) is 3. The Kier molecular flexibility index (Phi) is 7.47. The number of nitrogens with one attached hydrogen (secondary N) is 1. The lowest BCUT2D eigenvalue weighted by molar-refractivity contribution is -0.121. The van der Waals surface area contributed by atoms with Gasteiger partial charge in [0.2, 0.25) is 15.9 Å². The van der Waals surface area contributed by atoms with E-state index in [9.17, 15) is 13.2 Å². The number of anilines is 1. The van der Waals surface area contributed by atoms with E-state index in [4.69, 9.17) is 0 Å². The summed E-state index contributed by atoms with van der Waals surface area (Å²) in [7, 11) is -3.42. The molecule has 0 bridgehead atoms. The summed E-state index contributed by atoms with van der Waals surface area (Å²) in [5.41, 5.74) is 6.27. The van der Waals surface area contributed by atoms with Gasteiger partial charge in [0.25, 0.3) is 0 Å². The molecule has 0 saturated carbocycles. The topological polar surface area (TPSA) is 66.5 Å². The molecule has 0 spiro atoms. The average molecular weight is 417 g/mol. The van der Waals surface area contributed by atoms with Crippen LogP contribution in [0.2, 0.25) is 0 Å². The first-order valence-electron chi connectivity index (χ1n) is 9.90. The molecule has 0 aliphatic carbocycles. The highest BCUT2D eigenvalue weighted by atomic mass is 32.2. The van der Waals surface area contributed by atoms with Gasteiger partial charge in [0.15, 0.2) is 0 Å². The lowest BCUT2D eigenvalue weighted by Gasteiger charge is -2.23. The molecule has 2 aromatic carbocycles. The Labute approximate surface area is 175 Å². The van der Waals surface area contributed by atoms with Crippen molar-refractivity contribution in [3.05, 3.63) is 64.2 Å². The van der Waals surface area contributed by atoms with E-state index in [2.05, 4.69) is 31.3 Å². The summed E-state index contributed by atoms with van der Waals surface area (Å²) < 4.78 is 25.9. The van der Waals surface area contributed by atoms with Crippen LogP contribution < -0.4 is 9.62 Å². The maximum Gasteiger partial charge on any atom is 0.232 e. The van der Waals surface area contributed by atoms with Gasteiger partial charge in [-0.25, -0.2) is 8.42 Å². The number of aryl methyl sites for hydroxylation is 4. The van der Waals surface area contributed by atoms with E-state index in [1.807, 2.05) is 45.0 Å². The van der Waals surface area contributed by atoms with Crippen LogP contribution in [0.15, 0.2) is 36.4 Å². The molecule has 0 unspecified atom stereocenters. The fourth-order valence-corrected chi connectivity index (χ4v) is 4.14. The van der Waals surface area contributed by atoms with Gasteiger partial charge in [-0.05, 0) is 81.0 Å². The second-order valence-electron chi connectivity index (χ2n) is 7.84. The molecule has 2 rings (SSSR count). The normalized spacial score (nSPS) is 12.5. The van der Waals surface area contributed by atoms with Crippen LogP contribution in [0.25, 0.3) is 0 Å². The first-order valence-corrected chi connectivity index (χ1v) is 11.8. The van der Waals surface area contributed by atoms with E-state index >= 15 is 0 Å². The highest BCUT2D eigenvalue weighted by molar-refractivity contribution is 7.92. The molecular formula is C23H32N2O3S. The lowest BCUT2D eigenvalue weighted by atomic mass is 10.0. The van der Waals surface area contributed by atoms with Crippen molar-refractivity contribution < 1.29 is 13.2 Å². The summed E-state index contributed by atoms with van der Waals surface area (Å²) in [6.07, 6.45) is 1.92. The number of hydrogen-bond donors (Lipinski definition) is 1. The zero-order valence-corrected chi connectivity index (χ0v) is 19.1. The van der Waals surface area contributed by atoms with Crippen LogP contribution in [-0.4, -0.2) is 27.1 Å². The van der Waals surface area contributed by atoms with Gasteiger partial charge in [-0.15, -0.1) is 0 Å². The van der Waals surface area contributed by atoms with Gasteiger partial charge in [-0.1, -0.05) is 24.3 Å². The molecule has 0 saturated heterocycles. The minimum Gasteiger partial charge on any atom is -0.350 e. The van der Waals surface area contributed by atoms with Crippen molar-refractivity contribution in [2.75, 3.05) is 17.1 Å². The van der Waals surface area contributed by atoms with E-state index in [0.29, 0.717) is 12.1 Å². The molecule has 1 N–H and O–H groups in total. The Hall–Kier alpha value is -2.34. The molecule has 0 radical (unpaired) electrons. The fourth-order valence-electron chi connectivity index (χ4n) is 3.18. The van der Waals surface area contributed by atoms with E-state index in [1.165, 1.54) is 21.7 Å². The smallest absolute Gasteiger partial charge is 0.232 e. The molecule has 29 heavy (non-hydrogen) atoms. The Morgan fingerprint density at radius 1 is 0.966 bits per heavy atom. The predicted octanol–water partition coefficient (Wildman–Crippen LogP) is 4.34. The van der Waals surface area contributed by atoms with Gasteiger partial charge in [-0.3, -0.25) is 9.10 Å². The van der Waals surface area contributed by atoms with Crippen molar-refractivity contribution in [1.29, 1.82) is 0 Å². The fraction of sp³-hybridized carbons (Fsp3) is 0.435. The van der Waals surface area contributed by atoms with E-state index in [1.54, 1.807) is 0 Å². The van der Waals surface area contributed by atoms with Crippen molar-refractivity contribution >= 4 is 21.6 Å². The third-order valence-electron chi connectivity index (χ3n) is 5.35. The summed E-state index contributed by atoms with van der Waals surface area (Å²) in [6, 6.07) is 11.7. The second kappa shape index (κ2) is 9.44.